The van der Waals surface area contributed by atoms with E-state index in [0.29, 0.717) is 0 Å². The van der Waals surface area contributed by atoms with Crippen LogP contribution < -0.4 is 11.2 Å². The van der Waals surface area contributed by atoms with E-state index >= 15 is 0 Å². The Kier molecular flexibility index (Phi) is 8.02. The average molecular weight is 354 g/mol. The molecule has 1 atom stereocenters. The summed E-state index contributed by atoms with van der Waals surface area (Å²) in [6, 6.07) is 16.0. The van der Waals surface area contributed by atoms with Gasteiger partial charge in [-0.2, -0.15) is 0 Å². The Morgan fingerprint density at radius 1 is 1.15 bits per heavy atom. The number of aliphatic hydroxyl groups excluding tert-OH is 1. The number of rotatable bonds is 5. The summed E-state index contributed by atoms with van der Waals surface area (Å²) in [7, 11) is 0. The summed E-state index contributed by atoms with van der Waals surface area (Å²) >= 11 is 0. The molecule has 5 heteroatoms. The minimum atomic E-state index is -0.504. The highest BCUT2D eigenvalue weighted by Crippen LogP contribution is 2.23. The number of carbonyl (C=O) groups is 1. The predicted octanol–water partition coefficient (Wildman–Crippen LogP) is 2.24. The van der Waals surface area contributed by atoms with Gasteiger partial charge in [-0.1, -0.05) is 48.5 Å². The average Bonchev–Trinajstić information content (AvgIpc) is 3.15. The number of aliphatic hydroxyl groups is 1. The van der Waals surface area contributed by atoms with Crippen LogP contribution in [0, 0.1) is 0 Å². The van der Waals surface area contributed by atoms with Gasteiger partial charge in [0.05, 0.1) is 6.61 Å². The van der Waals surface area contributed by atoms with E-state index in [2.05, 4.69) is 12.1 Å². The first-order chi connectivity index (χ1) is 12.6. The monoisotopic (exact) mass is 354 g/mol. The lowest BCUT2D eigenvalue weighted by Gasteiger charge is -2.06. The molecule has 0 saturated heterocycles. The molecular weight excluding hydrogens is 328 g/mol. The number of aryl methyl sites for hydroxylation is 2. The van der Waals surface area contributed by atoms with E-state index in [1.165, 1.54) is 29.2 Å². The van der Waals surface area contributed by atoms with Crippen molar-refractivity contribution in [1.29, 1.82) is 0 Å². The van der Waals surface area contributed by atoms with E-state index < -0.39 is 5.91 Å². The third-order valence-electron chi connectivity index (χ3n) is 4.24. The van der Waals surface area contributed by atoms with E-state index in [1.54, 1.807) is 11.6 Å². The van der Waals surface area contributed by atoms with Gasteiger partial charge in [-0.15, -0.1) is 0 Å². The Labute approximate surface area is 154 Å². The van der Waals surface area contributed by atoms with Crippen molar-refractivity contribution in [2.75, 3.05) is 6.61 Å². The summed E-state index contributed by atoms with van der Waals surface area (Å²) in [5, 5.41) is 17.0. The molecule has 2 aromatic rings. The molecule has 1 aliphatic carbocycles. The standard InChI is InChI=1S/C12H13NO2.C9H13NO/c14-12(13-15)7-5-9-4-6-10-2-1-3-11(10)8-9;10-9(7-11)6-8-4-2-1-3-5-8/h4-8,15H,1-3H2,(H,13,14);1-5,9,11H,6-7,10H2/b7-5+;. The second kappa shape index (κ2) is 10.5. The first-order valence-electron chi connectivity index (χ1n) is 8.76. The lowest BCUT2D eigenvalue weighted by molar-refractivity contribution is -0.124. The van der Waals surface area contributed by atoms with Crippen LogP contribution in [0.1, 0.15) is 28.7 Å². The molecule has 26 heavy (non-hydrogen) atoms. The number of carbonyl (C=O) groups excluding carboxylic acids is 1. The smallest absolute Gasteiger partial charge is 0.267 e. The zero-order valence-electron chi connectivity index (χ0n) is 14.8. The van der Waals surface area contributed by atoms with Crippen molar-refractivity contribution in [1.82, 2.24) is 5.48 Å². The zero-order chi connectivity index (χ0) is 18.8. The van der Waals surface area contributed by atoms with Gasteiger partial charge in [0.15, 0.2) is 0 Å². The van der Waals surface area contributed by atoms with Crippen LogP contribution >= 0.6 is 0 Å². The summed E-state index contributed by atoms with van der Waals surface area (Å²) in [5.41, 5.74) is 12.1. The Morgan fingerprint density at radius 2 is 1.88 bits per heavy atom. The van der Waals surface area contributed by atoms with Crippen molar-refractivity contribution in [3.05, 3.63) is 76.9 Å². The lowest BCUT2D eigenvalue weighted by Crippen LogP contribution is -2.26. The van der Waals surface area contributed by atoms with Crippen molar-refractivity contribution in [2.45, 2.75) is 31.7 Å². The van der Waals surface area contributed by atoms with Crippen molar-refractivity contribution in [3.8, 4) is 0 Å². The minimum Gasteiger partial charge on any atom is -0.395 e. The van der Waals surface area contributed by atoms with Crippen LogP contribution in [0.3, 0.4) is 0 Å². The van der Waals surface area contributed by atoms with Gasteiger partial charge in [0.1, 0.15) is 0 Å². The van der Waals surface area contributed by atoms with Crippen LogP contribution in [0.5, 0.6) is 0 Å². The maximum absolute atomic E-state index is 10.8. The first-order valence-corrected chi connectivity index (χ1v) is 8.76. The fraction of sp³-hybridized carbons (Fsp3) is 0.286. The quantitative estimate of drug-likeness (QED) is 0.376. The second-order valence-corrected chi connectivity index (χ2v) is 6.32. The molecular formula is C21H26N2O3. The molecule has 0 aromatic heterocycles. The summed E-state index contributed by atoms with van der Waals surface area (Å²) in [6.07, 6.45) is 7.28. The van der Waals surface area contributed by atoms with Crippen molar-refractivity contribution in [2.24, 2.45) is 5.73 Å². The van der Waals surface area contributed by atoms with E-state index in [0.717, 1.165) is 24.8 Å². The van der Waals surface area contributed by atoms with E-state index in [-0.39, 0.29) is 12.6 Å². The number of benzene rings is 2. The predicted molar refractivity (Wildman–Crippen MR) is 103 cm³/mol. The second-order valence-electron chi connectivity index (χ2n) is 6.32. The molecule has 0 fully saturated rings. The molecule has 1 aliphatic rings. The Bertz CT molecular complexity index is 729. The van der Waals surface area contributed by atoms with Gasteiger partial charge < -0.3 is 10.8 Å². The van der Waals surface area contributed by atoms with Crippen LogP contribution in [-0.4, -0.2) is 28.9 Å². The molecule has 0 aliphatic heterocycles. The summed E-state index contributed by atoms with van der Waals surface area (Å²) < 4.78 is 0. The number of nitrogens with one attached hydrogen (secondary N) is 1. The third-order valence-corrected chi connectivity index (χ3v) is 4.24. The Balaban J connectivity index is 0.000000197. The molecule has 2 aromatic carbocycles. The molecule has 0 radical (unpaired) electrons. The van der Waals surface area contributed by atoms with Gasteiger partial charge in [-0.25, -0.2) is 5.48 Å². The topological polar surface area (TPSA) is 95.6 Å². The van der Waals surface area contributed by atoms with E-state index in [1.807, 2.05) is 36.4 Å². The molecule has 0 bridgehead atoms. The Hall–Kier alpha value is -2.47. The SMILES string of the molecule is NC(CO)Cc1ccccc1.O=C(/C=C/c1ccc2c(c1)CCC2)NO. The van der Waals surface area contributed by atoms with Crippen molar-refractivity contribution < 1.29 is 15.1 Å². The third kappa shape index (κ3) is 6.44. The van der Waals surface area contributed by atoms with Gasteiger partial charge in [-0.3, -0.25) is 10.0 Å². The zero-order valence-corrected chi connectivity index (χ0v) is 14.8. The molecule has 3 rings (SSSR count). The normalized spacial score (nSPS) is 13.7. The van der Waals surface area contributed by atoms with Crippen LogP contribution in [0.4, 0.5) is 0 Å². The maximum Gasteiger partial charge on any atom is 0.267 e. The fourth-order valence-corrected chi connectivity index (χ4v) is 2.89. The number of hydroxylamine groups is 1. The fourth-order valence-electron chi connectivity index (χ4n) is 2.89. The Morgan fingerprint density at radius 3 is 2.58 bits per heavy atom. The lowest BCUT2D eigenvalue weighted by atomic mass is 10.1. The molecule has 5 nitrogen and oxygen atoms in total. The van der Waals surface area contributed by atoms with Gasteiger partial charge in [0.2, 0.25) is 0 Å². The maximum atomic E-state index is 10.8. The van der Waals surface area contributed by atoms with Gasteiger partial charge in [-0.05, 0) is 54.0 Å². The van der Waals surface area contributed by atoms with Gasteiger partial charge >= 0.3 is 0 Å². The van der Waals surface area contributed by atoms with Gasteiger partial charge in [0.25, 0.3) is 5.91 Å². The highest BCUT2D eigenvalue weighted by molar-refractivity contribution is 5.90. The van der Waals surface area contributed by atoms with Gasteiger partial charge in [0, 0.05) is 12.1 Å². The molecule has 0 saturated carbocycles. The van der Waals surface area contributed by atoms with E-state index in [9.17, 15) is 4.79 Å². The number of hydrogen-bond acceptors (Lipinski definition) is 4. The molecule has 0 heterocycles. The van der Waals surface area contributed by atoms with Crippen molar-refractivity contribution in [3.63, 3.8) is 0 Å². The number of nitrogens with two attached hydrogens (primary N) is 1. The molecule has 0 spiro atoms. The highest BCUT2D eigenvalue weighted by atomic mass is 16.5. The highest BCUT2D eigenvalue weighted by Gasteiger charge is 2.09. The van der Waals surface area contributed by atoms with Crippen LogP contribution in [-0.2, 0) is 24.1 Å². The summed E-state index contributed by atoms with van der Waals surface area (Å²) in [5.74, 6) is -0.504. The summed E-state index contributed by atoms with van der Waals surface area (Å²) in [6.45, 7) is 0.0505. The first kappa shape index (κ1) is 19.8. The molecule has 5 N–H and O–H groups in total. The minimum absolute atomic E-state index is 0.0505. The summed E-state index contributed by atoms with van der Waals surface area (Å²) in [4.78, 5) is 10.8. The molecule has 1 amide bonds. The number of amides is 1. The largest absolute Gasteiger partial charge is 0.395 e. The van der Waals surface area contributed by atoms with Crippen LogP contribution in [0.15, 0.2) is 54.6 Å². The van der Waals surface area contributed by atoms with Crippen LogP contribution in [0.25, 0.3) is 6.08 Å². The molecule has 138 valence electrons. The number of fused-ring (bicyclic) bond motifs is 1. The van der Waals surface area contributed by atoms with E-state index in [4.69, 9.17) is 16.0 Å². The van der Waals surface area contributed by atoms with Crippen LogP contribution in [0.2, 0.25) is 0 Å². The molecule has 1 unspecified atom stereocenters. The van der Waals surface area contributed by atoms with Crippen molar-refractivity contribution >= 4 is 12.0 Å². The number of hydrogen-bond donors (Lipinski definition) is 4.